The molecule has 7 heteroatoms. The molecule has 1 aliphatic rings. The van der Waals surface area contributed by atoms with Crippen LogP contribution in [0.15, 0.2) is 41.6 Å². The van der Waals surface area contributed by atoms with Crippen molar-refractivity contribution in [2.24, 2.45) is 0 Å². The maximum atomic E-state index is 13.1. The van der Waals surface area contributed by atoms with Crippen molar-refractivity contribution in [3.8, 4) is 0 Å². The molecule has 0 saturated heterocycles. The summed E-state index contributed by atoms with van der Waals surface area (Å²) < 4.78 is 1.75. The number of carbonyl (C=O) groups is 2. The third-order valence-corrected chi connectivity index (χ3v) is 5.78. The summed E-state index contributed by atoms with van der Waals surface area (Å²) >= 11 is 0. The Morgan fingerprint density at radius 3 is 2.31 bits per heavy atom. The van der Waals surface area contributed by atoms with E-state index >= 15 is 0 Å². The van der Waals surface area contributed by atoms with Gasteiger partial charge in [-0.1, -0.05) is 38.2 Å². The standard InChI is InChI=1S/C25H34N4O3/c1-18(2)27-24(31)21-16-29(15-13-19-10-8-9-14-26-19)17-22(23(21)30)25(32)28-20-11-6-4-3-5-7-12-20/h8-10,14,16-18,20H,3-7,11-13,15H2,1-2H3,(H,27,31)(H,28,32). The Bertz CT molecular complexity index is 961. The molecular weight excluding hydrogens is 404 g/mol. The Labute approximate surface area is 189 Å². The number of nitrogens with one attached hydrogen (secondary N) is 2. The van der Waals surface area contributed by atoms with E-state index in [1.54, 1.807) is 17.0 Å². The zero-order chi connectivity index (χ0) is 22.9. The second kappa shape index (κ2) is 11.6. The molecule has 1 saturated carbocycles. The van der Waals surface area contributed by atoms with Crippen molar-refractivity contribution in [3.63, 3.8) is 0 Å². The minimum Gasteiger partial charge on any atom is -0.352 e. The molecule has 1 fully saturated rings. The fourth-order valence-corrected chi connectivity index (χ4v) is 4.08. The van der Waals surface area contributed by atoms with Gasteiger partial charge < -0.3 is 15.2 Å². The Morgan fingerprint density at radius 1 is 1.03 bits per heavy atom. The molecule has 0 bridgehead atoms. The van der Waals surface area contributed by atoms with Crippen molar-refractivity contribution in [2.75, 3.05) is 0 Å². The summed E-state index contributed by atoms with van der Waals surface area (Å²) in [5.74, 6) is -0.858. The van der Waals surface area contributed by atoms with Crippen LogP contribution in [0.25, 0.3) is 0 Å². The molecule has 2 aromatic rings. The smallest absolute Gasteiger partial charge is 0.256 e. The fraction of sp³-hybridized carbons (Fsp3) is 0.520. The first kappa shape index (κ1) is 23.7. The summed E-state index contributed by atoms with van der Waals surface area (Å²) in [6.07, 6.45) is 13.1. The topological polar surface area (TPSA) is 93.1 Å². The van der Waals surface area contributed by atoms with E-state index in [1.165, 1.54) is 25.5 Å². The Hall–Kier alpha value is -2.96. The molecule has 7 nitrogen and oxygen atoms in total. The summed E-state index contributed by atoms with van der Waals surface area (Å²) in [6, 6.07) is 5.66. The predicted molar refractivity (Wildman–Crippen MR) is 125 cm³/mol. The molecular formula is C25H34N4O3. The van der Waals surface area contributed by atoms with Crippen LogP contribution in [-0.4, -0.2) is 33.4 Å². The molecule has 0 spiro atoms. The van der Waals surface area contributed by atoms with E-state index < -0.39 is 17.2 Å². The van der Waals surface area contributed by atoms with Gasteiger partial charge >= 0.3 is 0 Å². The van der Waals surface area contributed by atoms with Crippen LogP contribution in [0.3, 0.4) is 0 Å². The van der Waals surface area contributed by atoms with Crippen molar-refractivity contribution in [1.29, 1.82) is 0 Å². The molecule has 0 aliphatic heterocycles. The van der Waals surface area contributed by atoms with Crippen LogP contribution in [0.4, 0.5) is 0 Å². The number of hydrogen-bond donors (Lipinski definition) is 2. The van der Waals surface area contributed by atoms with Crippen LogP contribution < -0.4 is 16.1 Å². The number of pyridine rings is 2. The molecule has 3 rings (SSSR count). The first-order valence-corrected chi connectivity index (χ1v) is 11.7. The van der Waals surface area contributed by atoms with E-state index in [0.717, 1.165) is 31.4 Å². The number of hydrogen-bond acceptors (Lipinski definition) is 4. The number of amides is 2. The van der Waals surface area contributed by atoms with Crippen molar-refractivity contribution in [1.82, 2.24) is 20.2 Å². The average Bonchev–Trinajstić information content (AvgIpc) is 2.74. The lowest BCUT2D eigenvalue weighted by atomic mass is 9.96. The van der Waals surface area contributed by atoms with Crippen LogP contribution in [0.1, 0.15) is 85.2 Å². The Balaban J connectivity index is 1.85. The molecule has 2 heterocycles. The average molecular weight is 439 g/mol. The molecule has 0 aromatic carbocycles. The van der Waals surface area contributed by atoms with Crippen molar-refractivity contribution >= 4 is 11.8 Å². The molecule has 2 aromatic heterocycles. The lowest BCUT2D eigenvalue weighted by Gasteiger charge is -2.21. The van der Waals surface area contributed by atoms with Gasteiger partial charge in [-0.05, 0) is 38.8 Å². The molecule has 172 valence electrons. The minimum absolute atomic E-state index is 0.00922. The lowest BCUT2D eigenvalue weighted by molar-refractivity contribution is 0.0928. The van der Waals surface area contributed by atoms with Gasteiger partial charge in [0.05, 0.1) is 0 Å². The predicted octanol–water partition coefficient (Wildman–Crippen LogP) is 3.47. The second-order valence-electron chi connectivity index (χ2n) is 8.87. The van der Waals surface area contributed by atoms with Gasteiger partial charge in [0, 0.05) is 49.3 Å². The summed E-state index contributed by atoms with van der Waals surface area (Å²) in [6.45, 7) is 4.17. The van der Waals surface area contributed by atoms with E-state index in [2.05, 4.69) is 15.6 Å². The Morgan fingerprint density at radius 2 is 1.69 bits per heavy atom. The van der Waals surface area contributed by atoms with Crippen LogP contribution >= 0.6 is 0 Å². The van der Waals surface area contributed by atoms with E-state index in [-0.39, 0.29) is 23.2 Å². The molecule has 0 unspecified atom stereocenters. The molecule has 2 N–H and O–H groups in total. The van der Waals surface area contributed by atoms with Crippen molar-refractivity contribution < 1.29 is 9.59 Å². The van der Waals surface area contributed by atoms with Crippen LogP contribution in [0, 0.1) is 0 Å². The summed E-state index contributed by atoms with van der Waals surface area (Å²) in [5.41, 5.74) is 0.384. The number of carbonyl (C=O) groups excluding carboxylic acids is 2. The van der Waals surface area contributed by atoms with Gasteiger partial charge in [0.15, 0.2) is 0 Å². The number of rotatable bonds is 7. The van der Waals surface area contributed by atoms with Crippen LogP contribution in [0.2, 0.25) is 0 Å². The quantitative estimate of drug-likeness (QED) is 0.692. The summed E-state index contributed by atoms with van der Waals surface area (Å²) in [4.78, 5) is 43.2. The normalized spacial score (nSPS) is 15.1. The van der Waals surface area contributed by atoms with E-state index in [9.17, 15) is 14.4 Å². The summed E-state index contributed by atoms with van der Waals surface area (Å²) in [5, 5.41) is 5.82. The minimum atomic E-state index is -0.527. The van der Waals surface area contributed by atoms with Gasteiger partial charge in [-0.3, -0.25) is 19.4 Å². The highest BCUT2D eigenvalue weighted by Crippen LogP contribution is 2.17. The molecule has 1 aliphatic carbocycles. The van der Waals surface area contributed by atoms with E-state index in [1.807, 2.05) is 32.0 Å². The van der Waals surface area contributed by atoms with Crippen molar-refractivity contribution in [3.05, 3.63) is 63.8 Å². The molecule has 32 heavy (non-hydrogen) atoms. The van der Waals surface area contributed by atoms with Gasteiger partial charge in [0.25, 0.3) is 11.8 Å². The SMILES string of the molecule is CC(C)NC(=O)c1cn(CCc2ccccn2)cc(C(=O)NC2CCCCCCC2)c1=O. The monoisotopic (exact) mass is 438 g/mol. The molecule has 0 radical (unpaired) electrons. The largest absolute Gasteiger partial charge is 0.352 e. The van der Waals surface area contributed by atoms with Gasteiger partial charge in [0.2, 0.25) is 5.43 Å². The lowest BCUT2D eigenvalue weighted by Crippen LogP contribution is -2.40. The fourth-order valence-electron chi connectivity index (χ4n) is 4.08. The Kier molecular flexibility index (Phi) is 8.59. The number of nitrogens with zero attached hydrogens (tertiary/aromatic N) is 2. The van der Waals surface area contributed by atoms with Gasteiger partial charge in [-0.25, -0.2) is 0 Å². The summed E-state index contributed by atoms with van der Waals surface area (Å²) in [7, 11) is 0. The first-order valence-electron chi connectivity index (χ1n) is 11.7. The zero-order valence-electron chi connectivity index (χ0n) is 19.1. The van der Waals surface area contributed by atoms with E-state index in [4.69, 9.17) is 0 Å². The third kappa shape index (κ3) is 6.77. The van der Waals surface area contributed by atoms with Crippen molar-refractivity contribution in [2.45, 2.75) is 83.8 Å². The number of aryl methyl sites for hydroxylation is 2. The molecule has 2 amide bonds. The number of aromatic nitrogens is 2. The first-order chi connectivity index (χ1) is 15.4. The highest BCUT2D eigenvalue weighted by atomic mass is 16.2. The van der Waals surface area contributed by atoms with Crippen LogP contribution in [-0.2, 0) is 13.0 Å². The van der Waals surface area contributed by atoms with Gasteiger partial charge in [0.1, 0.15) is 11.1 Å². The third-order valence-electron chi connectivity index (χ3n) is 5.78. The zero-order valence-corrected chi connectivity index (χ0v) is 19.1. The maximum absolute atomic E-state index is 13.1. The van der Waals surface area contributed by atoms with E-state index in [0.29, 0.717) is 13.0 Å². The van der Waals surface area contributed by atoms with Gasteiger partial charge in [-0.15, -0.1) is 0 Å². The molecule has 0 atom stereocenters. The highest BCUT2D eigenvalue weighted by Gasteiger charge is 2.22. The highest BCUT2D eigenvalue weighted by molar-refractivity contribution is 5.99. The second-order valence-corrected chi connectivity index (χ2v) is 8.87. The van der Waals surface area contributed by atoms with Crippen LogP contribution in [0.5, 0.6) is 0 Å². The van der Waals surface area contributed by atoms with Gasteiger partial charge in [-0.2, -0.15) is 0 Å². The maximum Gasteiger partial charge on any atom is 0.256 e.